The maximum Gasteiger partial charge on any atom is 0.191 e. The monoisotopic (exact) mass is 381 g/mol. The quantitative estimate of drug-likeness (QED) is 0.528. The molecule has 3 N–H and O–H groups in total. The molecule has 2 rings (SSSR count). The Hall–Kier alpha value is -2.11. The van der Waals surface area contributed by atoms with Crippen molar-refractivity contribution in [3.63, 3.8) is 0 Å². The molecule has 7 heteroatoms. The predicted octanol–water partition coefficient (Wildman–Crippen LogP) is 3.62. The summed E-state index contributed by atoms with van der Waals surface area (Å²) in [6, 6.07) is 10.7. The first-order chi connectivity index (χ1) is 12.0. The van der Waals surface area contributed by atoms with Gasteiger partial charge in [0.15, 0.2) is 5.96 Å². The second-order valence-electron chi connectivity index (χ2n) is 5.33. The van der Waals surface area contributed by atoms with Gasteiger partial charge in [0, 0.05) is 36.2 Å². The molecule has 0 fully saturated rings. The highest BCUT2D eigenvalue weighted by molar-refractivity contribution is 6.35. The van der Waals surface area contributed by atoms with Crippen LogP contribution < -0.4 is 15.4 Å². The summed E-state index contributed by atoms with van der Waals surface area (Å²) < 4.78 is 5.08. The zero-order chi connectivity index (χ0) is 18.2. The van der Waals surface area contributed by atoms with Gasteiger partial charge >= 0.3 is 0 Å². The number of hydrogen-bond donors (Lipinski definition) is 3. The highest BCUT2D eigenvalue weighted by Gasteiger charge is 2.05. The topological polar surface area (TPSA) is 65.9 Å². The van der Waals surface area contributed by atoms with Gasteiger partial charge in [-0.2, -0.15) is 0 Å². The number of aromatic hydroxyl groups is 1. The number of phenols is 1. The number of nitrogens with zero attached hydrogens (tertiary/aromatic N) is 1. The third-order valence-electron chi connectivity index (χ3n) is 3.66. The van der Waals surface area contributed by atoms with Gasteiger partial charge < -0.3 is 20.5 Å². The summed E-state index contributed by atoms with van der Waals surface area (Å²) in [5, 5.41) is 17.6. The lowest BCUT2D eigenvalue weighted by molar-refractivity contribution is 0.406. The van der Waals surface area contributed by atoms with Crippen molar-refractivity contribution in [2.45, 2.75) is 13.0 Å². The molecule has 0 amide bonds. The number of hydrogen-bond acceptors (Lipinski definition) is 3. The van der Waals surface area contributed by atoms with E-state index >= 15 is 0 Å². The number of guanidine groups is 1. The van der Waals surface area contributed by atoms with Crippen LogP contribution in [0, 0.1) is 0 Å². The summed E-state index contributed by atoms with van der Waals surface area (Å²) in [5.41, 5.74) is 1.77. The SMILES string of the molecule is CN=C(NCCc1ccc(OC)cc1O)NCc1ccc(Cl)cc1Cl. The standard InChI is InChI=1S/C18H21Cl2N3O2/c1-21-18(23-11-13-3-5-14(19)9-16(13)20)22-8-7-12-4-6-15(25-2)10-17(12)24/h3-6,9-10,24H,7-8,11H2,1-2H3,(H2,21,22,23). The van der Waals surface area contributed by atoms with Crippen LogP contribution in [-0.4, -0.2) is 31.8 Å². The Kier molecular flexibility index (Phi) is 7.22. The second kappa shape index (κ2) is 9.39. The minimum atomic E-state index is 0.219. The zero-order valence-corrected chi connectivity index (χ0v) is 15.7. The first-order valence-corrected chi connectivity index (χ1v) is 8.53. The highest BCUT2D eigenvalue weighted by atomic mass is 35.5. The van der Waals surface area contributed by atoms with Crippen LogP contribution in [0.25, 0.3) is 0 Å². The molecule has 0 bridgehead atoms. The van der Waals surface area contributed by atoms with E-state index in [1.54, 1.807) is 32.4 Å². The highest BCUT2D eigenvalue weighted by Crippen LogP contribution is 2.23. The fourth-order valence-corrected chi connectivity index (χ4v) is 2.74. The van der Waals surface area contributed by atoms with E-state index in [0.717, 1.165) is 11.1 Å². The van der Waals surface area contributed by atoms with Gasteiger partial charge in [-0.25, -0.2) is 0 Å². The summed E-state index contributed by atoms with van der Waals surface area (Å²) >= 11 is 12.1. The number of rotatable bonds is 6. The van der Waals surface area contributed by atoms with E-state index < -0.39 is 0 Å². The smallest absolute Gasteiger partial charge is 0.191 e. The van der Waals surface area contributed by atoms with Crippen LogP contribution in [-0.2, 0) is 13.0 Å². The van der Waals surface area contributed by atoms with Gasteiger partial charge in [0.2, 0.25) is 0 Å². The van der Waals surface area contributed by atoms with Gasteiger partial charge in [0.05, 0.1) is 7.11 Å². The van der Waals surface area contributed by atoms with E-state index in [1.165, 1.54) is 0 Å². The van der Waals surface area contributed by atoms with E-state index in [9.17, 15) is 5.11 Å². The van der Waals surface area contributed by atoms with Gasteiger partial charge in [-0.15, -0.1) is 0 Å². The minimum absolute atomic E-state index is 0.219. The van der Waals surface area contributed by atoms with Crippen LogP contribution in [0.15, 0.2) is 41.4 Å². The van der Waals surface area contributed by atoms with Crippen LogP contribution >= 0.6 is 23.2 Å². The third-order valence-corrected chi connectivity index (χ3v) is 4.25. The van der Waals surface area contributed by atoms with Gasteiger partial charge in [0.25, 0.3) is 0 Å². The van der Waals surface area contributed by atoms with Crippen LogP contribution in [0.1, 0.15) is 11.1 Å². The Morgan fingerprint density at radius 3 is 2.52 bits per heavy atom. The van der Waals surface area contributed by atoms with E-state index in [0.29, 0.717) is 41.3 Å². The average Bonchev–Trinajstić information content (AvgIpc) is 2.60. The minimum Gasteiger partial charge on any atom is -0.508 e. The van der Waals surface area contributed by atoms with Crippen molar-refractivity contribution < 1.29 is 9.84 Å². The molecular weight excluding hydrogens is 361 g/mol. The molecule has 5 nitrogen and oxygen atoms in total. The molecule has 0 heterocycles. The van der Waals surface area contributed by atoms with E-state index in [1.807, 2.05) is 18.2 Å². The fraction of sp³-hybridized carbons (Fsp3) is 0.278. The van der Waals surface area contributed by atoms with Crippen molar-refractivity contribution in [2.75, 3.05) is 20.7 Å². The molecule has 0 saturated carbocycles. The van der Waals surface area contributed by atoms with Crippen LogP contribution in [0.5, 0.6) is 11.5 Å². The van der Waals surface area contributed by atoms with Crippen molar-refractivity contribution >= 4 is 29.2 Å². The Bertz CT molecular complexity index is 751. The lowest BCUT2D eigenvalue weighted by Gasteiger charge is -2.13. The first kappa shape index (κ1) is 19.2. The van der Waals surface area contributed by atoms with Crippen molar-refractivity contribution in [1.82, 2.24) is 10.6 Å². The summed E-state index contributed by atoms with van der Waals surface area (Å²) in [7, 11) is 3.27. The van der Waals surface area contributed by atoms with Crippen LogP contribution in [0.2, 0.25) is 10.0 Å². The largest absolute Gasteiger partial charge is 0.508 e. The first-order valence-electron chi connectivity index (χ1n) is 7.78. The van der Waals surface area contributed by atoms with Crippen molar-refractivity contribution in [3.05, 3.63) is 57.6 Å². The molecule has 0 unspecified atom stereocenters. The second-order valence-corrected chi connectivity index (χ2v) is 6.18. The molecule has 0 aliphatic rings. The Labute approximate surface area is 157 Å². The lowest BCUT2D eigenvalue weighted by Crippen LogP contribution is -2.37. The third kappa shape index (κ3) is 5.73. The number of aliphatic imine (C=N–C) groups is 1. The maximum absolute atomic E-state index is 9.97. The molecule has 0 saturated heterocycles. The Morgan fingerprint density at radius 2 is 1.88 bits per heavy atom. The van der Waals surface area contributed by atoms with Gasteiger partial charge in [-0.05, 0) is 35.7 Å². The number of halogens is 2. The number of nitrogens with one attached hydrogen (secondary N) is 2. The van der Waals surface area contributed by atoms with E-state index in [4.69, 9.17) is 27.9 Å². The molecule has 134 valence electrons. The summed E-state index contributed by atoms with van der Waals surface area (Å²) in [4.78, 5) is 4.17. The molecule has 0 radical (unpaired) electrons. The number of methoxy groups -OCH3 is 1. The average molecular weight is 382 g/mol. The maximum atomic E-state index is 9.97. The summed E-state index contributed by atoms with van der Waals surface area (Å²) in [5.74, 6) is 1.50. The van der Waals surface area contributed by atoms with Crippen LogP contribution in [0.3, 0.4) is 0 Å². The van der Waals surface area contributed by atoms with E-state index in [-0.39, 0.29) is 5.75 Å². The summed E-state index contributed by atoms with van der Waals surface area (Å²) in [6.07, 6.45) is 0.651. The molecule has 0 aliphatic carbocycles. The zero-order valence-electron chi connectivity index (χ0n) is 14.1. The molecule has 2 aromatic rings. The molecule has 0 aromatic heterocycles. The van der Waals surface area contributed by atoms with Gasteiger partial charge in [0.1, 0.15) is 11.5 Å². The molecule has 0 spiro atoms. The predicted molar refractivity (Wildman–Crippen MR) is 103 cm³/mol. The van der Waals surface area contributed by atoms with Crippen molar-refractivity contribution in [3.8, 4) is 11.5 Å². The van der Waals surface area contributed by atoms with Gasteiger partial charge in [-0.3, -0.25) is 4.99 Å². The Morgan fingerprint density at radius 1 is 1.12 bits per heavy atom. The van der Waals surface area contributed by atoms with Crippen molar-refractivity contribution in [1.29, 1.82) is 0 Å². The molecule has 0 aliphatic heterocycles. The normalized spacial score (nSPS) is 11.3. The van der Waals surface area contributed by atoms with Crippen molar-refractivity contribution in [2.24, 2.45) is 4.99 Å². The number of benzene rings is 2. The lowest BCUT2D eigenvalue weighted by atomic mass is 10.1. The Balaban J connectivity index is 1.84. The summed E-state index contributed by atoms with van der Waals surface area (Å²) in [6.45, 7) is 1.15. The number of ether oxygens (including phenoxy) is 1. The van der Waals surface area contributed by atoms with Crippen LogP contribution in [0.4, 0.5) is 0 Å². The number of phenolic OH excluding ortho intramolecular Hbond substituents is 1. The van der Waals surface area contributed by atoms with Gasteiger partial charge in [-0.1, -0.05) is 35.3 Å². The van der Waals surface area contributed by atoms with E-state index in [2.05, 4.69) is 15.6 Å². The molecule has 0 atom stereocenters. The molecular formula is C18H21Cl2N3O2. The molecule has 2 aromatic carbocycles. The fourth-order valence-electron chi connectivity index (χ4n) is 2.26. The molecule has 25 heavy (non-hydrogen) atoms.